The van der Waals surface area contributed by atoms with Crippen LogP contribution in [-0.2, 0) is 20.2 Å². The van der Waals surface area contributed by atoms with Crippen LogP contribution < -0.4 is 64.4 Å². The van der Waals surface area contributed by atoms with Crippen molar-refractivity contribution in [2.45, 2.75) is 9.79 Å². The van der Waals surface area contributed by atoms with Gasteiger partial charge in [0.1, 0.15) is 20.2 Å². The Balaban J connectivity index is 0.00000288. The number of hydrogen-bond acceptors (Lipinski definition) is 10. The molecule has 0 unspecified atom stereocenters. The van der Waals surface area contributed by atoms with Gasteiger partial charge in [-0.2, -0.15) is 15.0 Å². The van der Waals surface area contributed by atoms with Crippen LogP contribution in [0, 0.1) is 0 Å². The number of aromatic nitrogens is 3. The zero-order chi connectivity index (χ0) is 17.4. The van der Waals surface area contributed by atoms with E-state index < -0.39 is 35.7 Å². The van der Waals surface area contributed by atoms with Gasteiger partial charge in [-0.1, -0.05) is 0 Å². The molecule has 1 aromatic carbocycles. The Hall–Kier alpha value is 0.430. The van der Waals surface area contributed by atoms with E-state index in [1.807, 2.05) is 0 Å². The second-order valence-electron chi connectivity index (χ2n) is 3.89. The molecule has 0 fully saturated rings. The van der Waals surface area contributed by atoms with Crippen molar-refractivity contribution in [3.05, 3.63) is 28.8 Å². The maximum absolute atomic E-state index is 11.2. The summed E-state index contributed by atoms with van der Waals surface area (Å²) in [6.45, 7) is 0. The van der Waals surface area contributed by atoms with Gasteiger partial charge in [-0.3, -0.25) is 0 Å². The third-order valence-corrected chi connectivity index (χ3v) is 4.40. The Kier molecular flexibility index (Phi) is 9.74. The van der Waals surface area contributed by atoms with E-state index in [4.69, 9.17) is 23.2 Å². The third-order valence-electron chi connectivity index (χ3n) is 2.34. The van der Waals surface area contributed by atoms with Gasteiger partial charge in [0.2, 0.25) is 16.5 Å². The fourth-order valence-electron chi connectivity index (χ4n) is 1.48. The quantitative estimate of drug-likeness (QED) is 0.355. The first-order valence-electron chi connectivity index (χ1n) is 5.37. The van der Waals surface area contributed by atoms with E-state index >= 15 is 0 Å². The van der Waals surface area contributed by atoms with Crippen LogP contribution in [0.3, 0.4) is 0 Å². The van der Waals surface area contributed by atoms with Crippen molar-refractivity contribution < 1.29 is 85.1 Å². The summed E-state index contributed by atoms with van der Waals surface area (Å²) < 4.78 is 66.7. The maximum Gasteiger partial charge on any atom is 1.00 e. The Morgan fingerprint density at radius 1 is 0.880 bits per heavy atom. The Bertz CT molecular complexity index is 969. The molecule has 0 aliphatic rings. The van der Waals surface area contributed by atoms with Gasteiger partial charge in [0.25, 0.3) is 0 Å². The molecule has 0 bridgehead atoms. The summed E-state index contributed by atoms with van der Waals surface area (Å²) in [7, 11) is -9.87. The van der Waals surface area contributed by atoms with Gasteiger partial charge in [-0.15, -0.1) is 0 Å². The molecule has 0 atom stereocenters. The zero-order valence-corrected chi connectivity index (χ0v) is 19.7. The molecule has 0 saturated carbocycles. The number of nitrogens with one attached hydrogen (secondary N) is 1. The van der Waals surface area contributed by atoms with Crippen molar-refractivity contribution in [2.24, 2.45) is 0 Å². The van der Waals surface area contributed by atoms with Crippen LogP contribution >= 0.6 is 23.2 Å². The summed E-state index contributed by atoms with van der Waals surface area (Å²) in [6, 6.07) is 2.00. The summed E-state index contributed by atoms with van der Waals surface area (Å²) in [5.41, 5.74) is -0.532. The Labute approximate surface area is 196 Å². The second-order valence-corrected chi connectivity index (χ2v) is 7.29. The first-order chi connectivity index (χ1) is 10.5. The van der Waals surface area contributed by atoms with Crippen LogP contribution in [0.5, 0.6) is 0 Å². The maximum atomic E-state index is 11.2. The van der Waals surface area contributed by atoms with Crippen LogP contribution in [0.2, 0.25) is 10.6 Å². The normalized spacial score (nSPS) is 11.2. The molecule has 0 saturated heterocycles. The molecule has 0 spiro atoms. The minimum atomic E-state index is -4.98. The molecule has 0 aliphatic heterocycles. The molecule has 1 heterocycles. The van der Waals surface area contributed by atoms with E-state index in [0.717, 1.165) is 0 Å². The van der Waals surface area contributed by atoms with Crippen molar-refractivity contribution in [2.75, 3.05) is 5.32 Å². The number of anilines is 2. The molecule has 0 aliphatic carbocycles. The van der Waals surface area contributed by atoms with E-state index in [2.05, 4.69) is 20.3 Å². The number of benzene rings is 1. The molecular formula is C9H4Cl2N4Na2O6S2. The molecule has 124 valence electrons. The van der Waals surface area contributed by atoms with Gasteiger partial charge < -0.3 is 14.4 Å². The van der Waals surface area contributed by atoms with Gasteiger partial charge >= 0.3 is 59.1 Å². The van der Waals surface area contributed by atoms with Gasteiger partial charge in [0, 0.05) is 0 Å². The number of nitrogens with zero attached hydrogens (tertiary/aromatic N) is 3. The molecular weight excluding hydrogens is 441 g/mol. The molecule has 10 nitrogen and oxygen atoms in total. The SMILES string of the molecule is O=S(=O)([O-])c1ccc(S(=O)(=O)[O-])c(Nc2nc(Cl)nc(Cl)n2)c1.[Na+].[Na+]. The van der Waals surface area contributed by atoms with Crippen molar-refractivity contribution in [1.82, 2.24) is 15.0 Å². The standard InChI is InChI=1S/C9H6Cl2N4O6S2.2Na/c10-7-13-8(11)15-9(14-7)12-5-3-4(22(16,17)18)1-2-6(5)23(19,20)21;;/h1-3H,(H,16,17,18)(H,19,20,21)(H,12,13,14,15);;/q;2*+1/p-2. The number of halogens is 2. The van der Waals surface area contributed by atoms with Crippen LogP contribution in [0.15, 0.2) is 28.0 Å². The molecule has 16 heteroatoms. The molecule has 2 rings (SSSR count). The Morgan fingerprint density at radius 2 is 1.40 bits per heavy atom. The van der Waals surface area contributed by atoms with Crippen molar-refractivity contribution in [3.63, 3.8) is 0 Å². The van der Waals surface area contributed by atoms with Gasteiger partial charge in [0.15, 0.2) is 0 Å². The molecule has 0 radical (unpaired) electrons. The van der Waals surface area contributed by atoms with Crippen LogP contribution in [0.1, 0.15) is 0 Å². The largest absolute Gasteiger partial charge is 1.00 e. The fraction of sp³-hybridized carbons (Fsp3) is 0. The summed E-state index contributed by atoms with van der Waals surface area (Å²) in [6.07, 6.45) is 0. The third kappa shape index (κ3) is 7.16. The van der Waals surface area contributed by atoms with Crippen LogP contribution in [-0.4, -0.2) is 40.9 Å². The summed E-state index contributed by atoms with van der Waals surface area (Å²) >= 11 is 11.1. The Morgan fingerprint density at radius 3 is 1.84 bits per heavy atom. The fourth-order valence-corrected chi connectivity index (χ4v) is 2.96. The van der Waals surface area contributed by atoms with Crippen LogP contribution in [0.4, 0.5) is 11.6 Å². The first kappa shape index (κ1) is 25.4. The molecule has 2 aromatic rings. The smallest absolute Gasteiger partial charge is 0.744 e. The first-order valence-corrected chi connectivity index (χ1v) is 8.94. The van der Waals surface area contributed by atoms with E-state index in [9.17, 15) is 25.9 Å². The number of rotatable bonds is 4. The van der Waals surface area contributed by atoms with E-state index in [1.165, 1.54) is 0 Å². The minimum Gasteiger partial charge on any atom is -0.744 e. The van der Waals surface area contributed by atoms with Gasteiger partial charge in [0.05, 0.1) is 15.5 Å². The topological polar surface area (TPSA) is 165 Å². The minimum absolute atomic E-state index is 0. The van der Waals surface area contributed by atoms with Crippen molar-refractivity contribution >= 4 is 55.1 Å². The van der Waals surface area contributed by atoms with Crippen molar-refractivity contribution in [1.29, 1.82) is 0 Å². The summed E-state index contributed by atoms with van der Waals surface area (Å²) in [4.78, 5) is 8.99. The molecule has 0 amide bonds. The van der Waals surface area contributed by atoms with E-state index in [-0.39, 0.29) is 75.6 Å². The predicted octanol–water partition coefficient (Wildman–Crippen LogP) is -5.26. The van der Waals surface area contributed by atoms with E-state index in [0.29, 0.717) is 18.2 Å². The second kappa shape index (κ2) is 9.57. The van der Waals surface area contributed by atoms with Gasteiger partial charge in [-0.25, -0.2) is 16.8 Å². The zero-order valence-electron chi connectivity index (χ0n) is 12.6. The average Bonchev–Trinajstić information content (AvgIpc) is 2.34. The molecule has 25 heavy (non-hydrogen) atoms. The van der Waals surface area contributed by atoms with Crippen molar-refractivity contribution in [3.8, 4) is 0 Å². The summed E-state index contributed by atoms with van der Waals surface area (Å²) in [5.74, 6) is -0.361. The summed E-state index contributed by atoms with van der Waals surface area (Å²) in [5, 5.41) is 1.58. The predicted molar refractivity (Wildman–Crippen MR) is 75.5 cm³/mol. The van der Waals surface area contributed by atoms with Gasteiger partial charge in [-0.05, 0) is 41.4 Å². The van der Waals surface area contributed by atoms with Crippen LogP contribution in [0.25, 0.3) is 0 Å². The molecule has 1 N–H and O–H groups in total. The monoisotopic (exact) mass is 444 g/mol. The van der Waals surface area contributed by atoms with E-state index in [1.54, 1.807) is 0 Å². The molecule has 1 aromatic heterocycles. The average molecular weight is 445 g/mol. The number of hydrogen-bond donors (Lipinski definition) is 1.